The third kappa shape index (κ3) is 4.44. The van der Waals surface area contributed by atoms with Crippen LogP contribution < -0.4 is 5.32 Å². The highest BCUT2D eigenvalue weighted by Crippen LogP contribution is 2.05. The van der Waals surface area contributed by atoms with Crippen LogP contribution in [0.4, 0.5) is 5.95 Å². The average molecular weight is 250 g/mol. The van der Waals surface area contributed by atoms with Crippen molar-refractivity contribution in [2.24, 2.45) is 0 Å². The molecule has 1 heterocycles. The lowest BCUT2D eigenvalue weighted by Gasteiger charge is -2.03. The minimum absolute atomic E-state index is 0.0789. The Morgan fingerprint density at radius 1 is 1.40 bits per heavy atom. The maximum absolute atomic E-state index is 11.1. The zero-order valence-corrected chi connectivity index (χ0v) is 9.85. The quantitative estimate of drug-likeness (QED) is 0.842. The highest BCUT2D eigenvalue weighted by Gasteiger charge is 2.06. The normalized spacial score (nSPS) is 11.3. The Labute approximate surface area is 93.8 Å². The Bertz CT molecular complexity index is 404. The van der Waals surface area contributed by atoms with E-state index in [-0.39, 0.29) is 11.5 Å². The molecule has 84 valence electrons. The van der Waals surface area contributed by atoms with E-state index in [2.05, 4.69) is 15.3 Å². The van der Waals surface area contributed by atoms with Crippen molar-refractivity contribution >= 4 is 27.4 Å². The van der Waals surface area contributed by atoms with Gasteiger partial charge in [-0.1, -0.05) is 18.5 Å². The molecule has 5 nitrogen and oxygen atoms in total. The van der Waals surface area contributed by atoms with Crippen molar-refractivity contribution in [1.82, 2.24) is 9.97 Å². The molecule has 1 rings (SSSR count). The fourth-order valence-electron chi connectivity index (χ4n) is 0.866. The largest absolute Gasteiger partial charge is 0.353 e. The second-order valence-electron chi connectivity index (χ2n) is 2.89. The molecular formula is C8H12ClN3O2S. The van der Waals surface area contributed by atoms with E-state index in [9.17, 15) is 8.42 Å². The van der Waals surface area contributed by atoms with Crippen LogP contribution in [-0.4, -0.2) is 36.4 Å². The van der Waals surface area contributed by atoms with Crippen molar-refractivity contribution in [3.05, 3.63) is 17.4 Å². The summed E-state index contributed by atoms with van der Waals surface area (Å²) in [6, 6.07) is 0. The van der Waals surface area contributed by atoms with E-state index in [1.807, 2.05) is 0 Å². The SMILES string of the molecule is CCS(=O)(=O)CCNc1ncc(Cl)cn1. The predicted molar refractivity (Wildman–Crippen MR) is 59.9 cm³/mol. The molecule has 0 unspecified atom stereocenters. The van der Waals surface area contributed by atoms with Gasteiger partial charge in [0.05, 0.1) is 23.2 Å². The molecule has 1 aromatic heterocycles. The molecule has 0 aliphatic rings. The van der Waals surface area contributed by atoms with Crippen molar-refractivity contribution in [3.8, 4) is 0 Å². The summed E-state index contributed by atoms with van der Waals surface area (Å²) in [7, 11) is -2.94. The van der Waals surface area contributed by atoms with Crippen molar-refractivity contribution in [1.29, 1.82) is 0 Å². The van der Waals surface area contributed by atoms with Gasteiger partial charge in [-0.05, 0) is 0 Å². The molecule has 15 heavy (non-hydrogen) atoms. The summed E-state index contributed by atoms with van der Waals surface area (Å²) >= 11 is 5.59. The van der Waals surface area contributed by atoms with Gasteiger partial charge in [-0.3, -0.25) is 0 Å². The van der Waals surface area contributed by atoms with E-state index in [1.165, 1.54) is 12.4 Å². The number of rotatable bonds is 5. The first kappa shape index (κ1) is 12.2. The summed E-state index contributed by atoms with van der Waals surface area (Å²) < 4.78 is 22.3. The van der Waals surface area contributed by atoms with Crippen molar-refractivity contribution < 1.29 is 8.42 Å². The first-order valence-corrected chi connectivity index (χ1v) is 6.65. The Morgan fingerprint density at radius 3 is 2.53 bits per heavy atom. The molecule has 0 bridgehead atoms. The van der Waals surface area contributed by atoms with Crippen LogP contribution in [0.5, 0.6) is 0 Å². The highest BCUT2D eigenvalue weighted by atomic mass is 35.5. The molecule has 0 fully saturated rings. The molecule has 0 saturated heterocycles. The maximum Gasteiger partial charge on any atom is 0.222 e. The first-order chi connectivity index (χ1) is 7.03. The average Bonchev–Trinajstić information content (AvgIpc) is 2.21. The molecule has 7 heteroatoms. The van der Waals surface area contributed by atoms with Crippen LogP contribution in [0.3, 0.4) is 0 Å². The third-order valence-electron chi connectivity index (χ3n) is 1.76. The third-order valence-corrected chi connectivity index (χ3v) is 3.66. The minimum Gasteiger partial charge on any atom is -0.353 e. The van der Waals surface area contributed by atoms with Crippen LogP contribution in [0.1, 0.15) is 6.92 Å². The van der Waals surface area contributed by atoms with Gasteiger partial charge < -0.3 is 5.32 Å². The molecule has 0 aromatic carbocycles. The topological polar surface area (TPSA) is 72.0 Å². The lowest BCUT2D eigenvalue weighted by Crippen LogP contribution is -2.18. The molecule has 1 N–H and O–H groups in total. The molecular weight excluding hydrogens is 238 g/mol. The zero-order valence-electron chi connectivity index (χ0n) is 8.27. The van der Waals surface area contributed by atoms with E-state index in [1.54, 1.807) is 6.92 Å². The van der Waals surface area contributed by atoms with Gasteiger partial charge in [0.2, 0.25) is 5.95 Å². The van der Waals surface area contributed by atoms with Gasteiger partial charge in [-0.2, -0.15) is 0 Å². The number of hydrogen-bond donors (Lipinski definition) is 1. The molecule has 1 aromatic rings. The second-order valence-corrected chi connectivity index (χ2v) is 5.80. The smallest absolute Gasteiger partial charge is 0.222 e. The molecule has 0 saturated carbocycles. The van der Waals surface area contributed by atoms with Gasteiger partial charge in [0.25, 0.3) is 0 Å². The van der Waals surface area contributed by atoms with Crippen molar-refractivity contribution in [2.45, 2.75) is 6.92 Å². The number of halogens is 1. The Kier molecular flexibility index (Phi) is 4.28. The Balaban J connectivity index is 2.42. The van der Waals surface area contributed by atoms with Gasteiger partial charge in [0.15, 0.2) is 9.84 Å². The van der Waals surface area contributed by atoms with Crippen LogP contribution >= 0.6 is 11.6 Å². The molecule has 0 atom stereocenters. The van der Waals surface area contributed by atoms with Crippen LogP contribution in [-0.2, 0) is 9.84 Å². The highest BCUT2D eigenvalue weighted by molar-refractivity contribution is 7.91. The number of nitrogens with one attached hydrogen (secondary N) is 1. The Morgan fingerprint density at radius 2 is 2.00 bits per heavy atom. The number of hydrogen-bond acceptors (Lipinski definition) is 5. The van der Waals surface area contributed by atoms with Crippen LogP contribution in [0.15, 0.2) is 12.4 Å². The summed E-state index contributed by atoms with van der Waals surface area (Å²) in [6.45, 7) is 1.92. The van der Waals surface area contributed by atoms with Crippen molar-refractivity contribution in [3.63, 3.8) is 0 Å². The lowest BCUT2D eigenvalue weighted by atomic mass is 10.6. The van der Waals surface area contributed by atoms with Gasteiger partial charge in [-0.25, -0.2) is 18.4 Å². The zero-order chi connectivity index (χ0) is 11.3. The molecule has 0 spiro atoms. The number of sulfone groups is 1. The summed E-state index contributed by atoms with van der Waals surface area (Å²) in [5, 5.41) is 3.25. The van der Waals surface area contributed by atoms with E-state index >= 15 is 0 Å². The fraction of sp³-hybridized carbons (Fsp3) is 0.500. The van der Waals surface area contributed by atoms with E-state index < -0.39 is 9.84 Å². The number of anilines is 1. The standard InChI is InChI=1S/C8H12ClN3O2S/c1-2-15(13,14)4-3-10-8-11-5-7(9)6-12-8/h5-6H,2-4H2,1H3,(H,10,11,12). The van der Waals surface area contributed by atoms with Gasteiger partial charge in [0.1, 0.15) is 0 Å². The first-order valence-electron chi connectivity index (χ1n) is 4.45. The summed E-state index contributed by atoms with van der Waals surface area (Å²) in [6.07, 6.45) is 2.90. The van der Waals surface area contributed by atoms with Crippen molar-refractivity contribution in [2.75, 3.05) is 23.4 Å². The summed E-state index contributed by atoms with van der Waals surface area (Å²) in [4.78, 5) is 7.75. The van der Waals surface area contributed by atoms with E-state index in [4.69, 9.17) is 11.6 Å². The molecule has 0 amide bonds. The van der Waals surface area contributed by atoms with Gasteiger partial charge in [0, 0.05) is 12.3 Å². The van der Waals surface area contributed by atoms with Crippen LogP contribution in [0.2, 0.25) is 5.02 Å². The molecule has 0 radical (unpaired) electrons. The number of aromatic nitrogens is 2. The predicted octanol–water partition coefficient (Wildman–Crippen LogP) is 0.977. The van der Waals surface area contributed by atoms with Crippen LogP contribution in [0, 0.1) is 0 Å². The fourth-order valence-corrected chi connectivity index (χ4v) is 1.67. The lowest BCUT2D eigenvalue weighted by molar-refractivity contribution is 0.597. The summed E-state index contributed by atoms with van der Waals surface area (Å²) in [5.41, 5.74) is 0. The Hall–Kier alpha value is -0.880. The summed E-state index contributed by atoms with van der Waals surface area (Å²) in [5.74, 6) is 0.608. The number of nitrogens with zero attached hydrogens (tertiary/aromatic N) is 2. The molecule has 0 aliphatic heterocycles. The maximum atomic E-state index is 11.1. The monoisotopic (exact) mass is 249 g/mol. The van der Waals surface area contributed by atoms with Gasteiger partial charge in [-0.15, -0.1) is 0 Å². The van der Waals surface area contributed by atoms with Crippen LogP contribution in [0.25, 0.3) is 0 Å². The van der Waals surface area contributed by atoms with Gasteiger partial charge >= 0.3 is 0 Å². The minimum atomic E-state index is -2.94. The molecule has 0 aliphatic carbocycles. The van der Waals surface area contributed by atoms with E-state index in [0.717, 1.165) is 0 Å². The second kappa shape index (κ2) is 5.27. The van der Waals surface area contributed by atoms with E-state index in [0.29, 0.717) is 17.5 Å².